The van der Waals surface area contributed by atoms with E-state index in [1.54, 1.807) is 6.33 Å². The molecule has 0 spiro atoms. The van der Waals surface area contributed by atoms with E-state index in [-0.39, 0.29) is 11.7 Å². The number of aromatic amines is 1. The van der Waals surface area contributed by atoms with E-state index in [0.717, 1.165) is 35.4 Å². The summed E-state index contributed by atoms with van der Waals surface area (Å²) in [6, 6.07) is 9.82. The van der Waals surface area contributed by atoms with Crippen LogP contribution in [0.5, 0.6) is 0 Å². The van der Waals surface area contributed by atoms with Crippen molar-refractivity contribution < 1.29 is 4.74 Å². The topological polar surface area (TPSA) is 76.0 Å². The molecular formula is C18H21N5O2. The summed E-state index contributed by atoms with van der Waals surface area (Å²) < 4.78 is 7.88. The Morgan fingerprint density at radius 3 is 3.12 bits per heavy atom. The number of aryl methyl sites for hydroxylation is 1. The van der Waals surface area contributed by atoms with E-state index >= 15 is 0 Å². The average molecular weight is 339 g/mol. The molecule has 1 N–H and O–H groups in total. The van der Waals surface area contributed by atoms with E-state index in [1.165, 1.54) is 0 Å². The van der Waals surface area contributed by atoms with Crippen molar-refractivity contribution in [3.63, 3.8) is 0 Å². The Morgan fingerprint density at radius 2 is 2.24 bits per heavy atom. The fraction of sp³-hybridized carbons (Fsp3) is 0.389. The minimum absolute atomic E-state index is 0.0292. The number of benzene rings is 1. The lowest BCUT2D eigenvalue weighted by atomic mass is 10.1. The van der Waals surface area contributed by atoms with Crippen LogP contribution in [-0.4, -0.2) is 44.3 Å². The van der Waals surface area contributed by atoms with Crippen LogP contribution in [-0.2, 0) is 17.8 Å². The number of nitrogens with one attached hydrogen (secondary N) is 1. The number of nitrogens with zero attached hydrogens (tertiary/aromatic N) is 4. The van der Waals surface area contributed by atoms with Gasteiger partial charge in [0.25, 0.3) is 5.56 Å². The summed E-state index contributed by atoms with van der Waals surface area (Å²) in [4.78, 5) is 17.6. The molecule has 130 valence electrons. The van der Waals surface area contributed by atoms with Gasteiger partial charge in [0, 0.05) is 37.3 Å². The van der Waals surface area contributed by atoms with Crippen molar-refractivity contribution in [3.05, 3.63) is 58.4 Å². The molecule has 0 saturated carbocycles. The van der Waals surface area contributed by atoms with E-state index in [0.29, 0.717) is 19.7 Å². The predicted octanol–water partition coefficient (Wildman–Crippen LogP) is 1.71. The Labute approximate surface area is 145 Å². The largest absolute Gasteiger partial charge is 0.368 e. The second-order valence-electron chi connectivity index (χ2n) is 6.28. The zero-order valence-electron chi connectivity index (χ0n) is 14.2. The molecule has 7 heteroatoms. The Hall–Kier alpha value is -2.51. The van der Waals surface area contributed by atoms with Crippen LogP contribution in [0.1, 0.15) is 24.4 Å². The standard InChI is InChI=1S/C18H21N5O2/c1-2-23-12-19-21-17(23)16-11-22(7-8-25-16)10-14-9-13-5-3-4-6-15(13)20-18(14)24/h3-6,9,12,16H,2,7-8,10-11H2,1H3,(H,20,24). The van der Waals surface area contributed by atoms with Crippen molar-refractivity contribution in [2.75, 3.05) is 19.7 Å². The van der Waals surface area contributed by atoms with Crippen LogP contribution in [0, 0.1) is 0 Å². The molecule has 1 saturated heterocycles. The molecule has 4 rings (SSSR count). The van der Waals surface area contributed by atoms with Crippen LogP contribution >= 0.6 is 0 Å². The van der Waals surface area contributed by atoms with E-state index in [2.05, 4.69) is 27.0 Å². The van der Waals surface area contributed by atoms with Gasteiger partial charge in [-0.05, 0) is 24.4 Å². The summed E-state index contributed by atoms with van der Waals surface area (Å²) in [5, 5.41) is 9.24. The van der Waals surface area contributed by atoms with E-state index in [1.807, 2.05) is 34.9 Å². The van der Waals surface area contributed by atoms with Gasteiger partial charge in [0.2, 0.25) is 0 Å². The van der Waals surface area contributed by atoms with Crippen LogP contribution in [0.2, 0.25) is 0 Å². The minimum Gasteiger partial charge on any atom is -0.368 e. The first kappa shape index (κ1) is 16.0. The maximum Gasteiger partial charge on any atom is 0.252 e. The van der Waals surface area contributed by atoms with Crippen LogP contribution < -0.4 is 5.56 Å². The number of hydrogen-bond donors (Lipinski definition) is 1. The molecule has 3 heterocycles. The first-order chi connectivity index (χ1) is 12.2. The van der Waals surface area contributed by atoms with Crippen LogP contribution in [0.25, 0.3) is 10.9 Å². The molecular weight excluding hydrogens is 318 g/mol. The summed E-state index contributed by atoms with van der Waals surface area (Å²) in [6.45, 7) is 5.58. The molecule has 1 unspecified atom stereocenters. The number of morpholine rings is 1. The third-order valence-corrected chi connectivity index (χ3v) is 4.65. The third-order valence-electron chi connectivity index (χ3n) is 4.65. The third kappa shape index (κ3) is 3.20. The SMILES string of the molecule is CCn1cnnc1C1CN(Cc2cc3ccccc3[nH]c2=O)CCO1. The molecule has 1 aliphatic rings. The molecule has 25 heavy (non-hydrogen) atoms. The molecule has 0 aliphatic carbocycles. The molecule has 2 aromatic heterocycles. The molecule has 0 amide bonds. The van der Waals surface area contributed by atoms with Gasteiger partial charge in [-0.2, -0.15) is 0 Å². The summed E-state index contributed by atoms with van der Waals surface area (Å²) >= 11 is 0. The molecule has 0 radical (unpaired) electrons. The first-order valence-corrected chi connectivity index (χ1v) is 8.57. The molecule has 1 aliphatic heterocycles. The Bertz CT molecular complexity index is 932. The Balaban J connectivity index is 1.55. The fourth-order valence-electron chi connectivity index (χ4n) is 3.31. The van der Waals surface area contributed by atoms with E-state index < -0.39 is 0 Å². The molecule has 1 fully saturated rings. The zero-order chi connectivity index (χ0) is 17.2. The summed E-state index contributed by atoms with van der Waals surface area (Å²) in [5.74, 6) is 0.847. The van der Waals surface area contributed by atoms with Gasteiger partial charge in [-0.15, -0.1) is 10.2 Å². The maximum absolute atomic E-state index is 12.4. The lowest BCUT2D eigenvalue weighted by Gasteiger charge is -2.32. The Kier molecular flexibility index (Phi) is 4.33. The number of ether oxygens (including phenoxy) is 1. The predicted molar refractivity (Wildman–Crippen MR) is 94.2 cm³/mol. The van der Waals surface area contributed by atoms with Crippen molar-refractivity contribution in [2.24, 2.45) is 0 Å². The monoisotopic (exact) mass is 339 g/mol. The number of H-pyrrole nitrogens is 1. The van der Waals surface area contributed by atoms with Crippen molar-refractivity contribution in [2.45, 2.75) is 26.1 Å². The maximum atomic E-state index is 12.4. The summed E-state index contributed by atoms with van der Waals surface area (Å²) in [7, 11) is 0. The number of fused-ring (bicyclic) bond motifs is 1. The normalized spacial score (nSPS) is 18.7. The molecule has 1 atom stereocenters. The number of pyridine rings is 1. The molecule has 7 nitrogen and oxygen atoms in total. The van der Waals surface area contributed by atoms with Gasteiger partial charge in [0.1, 0.15) is 12.4 Å². The Morgan fingerprint density at radius 1 is 1.36 bits per heavy atom. The zero-order valence-corrected chi connectivity index (χ0v) is 14.2. The van der Waals surface area contributed by atoms with Gasteiger partial charge < -0.3 is 14.3 Å². The van der Waals surface area contributed by atoms with Crippen molar-refractivity contribution in [3.8, 4) is 0 Å². The highest BCUT2D eigenvalue weighted by molar-refractivity contribution is 5.78. The molecule has 0 bridgehead atoms. The van der Waals surface area contributed by atoms with Crippen molar-refractivity contribution >= 4 is 10.9 Å². The summed E-state index contributed by atoms with van der Waals surface area (Å²) in [5.41, 5.74) is 1.61. The number of aromatic nitrogens is 4. The van der Waals surface area contributed by atoms with Gasteiger partial charge in [-0.25, -0.2) is 0 Å². The van der Waals surface area contributed by atoms with Crippen molar-refractivity contribution in [1.82, 2.24) is 24.6 Å². The average Bonchev–Trinajstić information content (AvgIpc) is 3.11. The van der Waals surface area contributed by atoms with Crippen molar-refractivity contribution in [1.29, 1.82) is 0 Å². The minimum atomic E-state index is -0.115. The highest BCUT2D eigenvalue weighted by Crippen LogP contribution is 2.21. The van der Waals surface area contributed by atoms with Crippen LogP contribution in [0.3, 0.4) is 0 Å². The van der Waals surface area contributed by atoms with E-state index in [9.17, 15) is 4.79 Å². The van der Waals surface area contributed by atoms with Crippen LogP contribution in [0.4, 0.5) is 0 Å². The van der Waals surface area contributed by atoms with Gasteiger partial charge >= 0.3 is 0 Å². The fourth-order valence-corrected chi connectivity index (χ4v) is 3.31. The van der Waals surface area contributed by atoms with Gasteiger partial charge in [0.05, 0.1) is 6.61 Å². The quantitative estimate of drug-likeness (QED) is 0.783. The number of para-hydroxylation sites is 1. The second-order valence-corrected chi connectivity index (χ2v) is 6.28. The first-order valence-electron chi connectivity index (χ1n) is 8.57. The summed E-state index contributed by atoms with van der Waals surface area (Å²) in [6.07, 6.45) is 1.61. The van der Waals surface area contributed by atoms with Crippen LogP contribution in [0.15, 0.2) is 41.5 Å². The number of hydrogen-bond acceptors (Lipinski definition) is 5. The van der Waals surface area contributed by atoms with Gasteiger partial charge in [-0.1, -0.05) is 18.2 Å². The smallest absolute Gasteiger partial charge is 0.252 e. The van der Waals surface area contributed by atoms with E-state index in [4.69, 9.17) is 4.74 Å². The lowest BCUT2D eigenvalue weighted by molar-refractivity contribution is -0.0389. The number of rotatable bonds is 4. The second kappa shape index (κ2) is 6.78. The molecule has 1 aromatic carbocycles. The molecule has 3 aromatic rings. The van der Waals surface area contributed by atoms with Gasteiger partial charge in [-0.3, -0.25) is 9.69 Å². The van der Waals surface area contributed by atoms with Gasteiger partial charge in [0.15, 0.2) is 5.82 Å². The highest BCUT2D eigenvalue weighted by Gasteiger charge is 2.26. The highest BCUT2D eigenvalue weighted by atomic mass is 16.5. The lowest BCUT2D eigenvalue weighted by Crippen LogP contribution is -2.39.